The van der Waals surface area contributed by atoms with Gasteiger partial charge in [-0.2, -0.15) is 0 Å². The molecule has 116 valence electrons. The SMILES string of the molecule is Cc1ccc(Cl)c(NC(=O)CN2CCCCC2CO)c1Cl. The van der Waals surface area contributed by atoms with E-state index in [2.05, 4.69) is 5.32 Å². The summed E-state index contributed by atoms with van der Waals surface area (Å²) in [7, 11) is 0. The van der Waals surface area contributed by atoms with E-state index in [1.54, 1.807) is 6.07 Å². The summed E-state index contributed by atoms with van der Waals surface area (Å²) in [6, 6.07) is 3.59. The Kier molecular flexibility index (Phi) is 5.88. The number of hydrogen-bond donors (Lipinski definition) is 2. The van der Waals surface area contributed by atoms with Crippen molar-refractivity contribution in [2.75, 3.05) is 25.0 Å². The summed E-state index contributed by atoms with van der Waals surface area (Å²) in [6.45, 7) is 3.01. The highest BCUT2D eigenvalue weighted by molar-refractivity contribution is 6.40. The maximum absolute atomic E-state index is 12.2. The predicted molar refractivity (Wildman–Crippen MR) is 86.1 cm³/mol. The van der Waals surface area contributed by atoms with Crippen molar-refractivity contribution in [3.8, 4) is 0 Å². The zero-order valence-corrected chi connectivity index (χ0v) is 13.5. The second-order valence-electron chi connectivity index (χ2n) is 5.40. The highest BCUT2D eigenvalue weighted by Crippen LogP contribution is 2.32. The molecule has 0 saturated carbocycles. The number of piperidine rings is 1. The second kappa shape index (κ2) is 7.45. The summed E-state index contributed by atoms with van der Waals surface area (Å²) >= 11 is 12.3. The van der Waals surface area contributed by atoms with Crippen LogP contribution in [0.5, 0.6) is 0 Å². The number of benzene rings is 1. The van der Waals surface area contributed by atoms with Crippen LogP contribution < -0.4 is 5.32 Å². The van der Waals surface area contributed by atoms with Crippen LogP contribution in [-0.2, 0) is 4.79 Å². The molecule has 2 N–H and O–H groups in total. The van der Waals surface area contributed by atoms with Crippen molar-refractivity contribution in [3.05, 3.63) is 27.7 Å². The Morgan fingerprint density at radius 2 is 2.19 bits per heavy atom. The van der Waals surface area contributed by atoms with Gasteiger partial charge in [0.05, 0.1) is 28.9 Å². The van der Waals surface area contributed by atoms with Gasteiger partial charge in [-0.3, -0.25) is 9.69 Å². The van der Waals surface area contributed by atoms with Crippen LogP contribution in [0.15, 0.2) is 12.1 Å². The fourth-order valence-electron chi connectivity index (χ4n) is 2.61. The third-order valence-corrected chi connectivity index (χ3v) is 4.66. The number of aryl methyl sites for hydroxylation is 1. The number of aliphatic hydroxyl groups is 1. The molecule has 1 amide bonds. The minimum absolute atomic E-state index is 0.0629. The first-order valence-corrected chi connectivity index (χ1v) is 7.88. The Balaban J connectivity index is 2.03. The van der Waals surface area contributed by atoms with Gasteiger partial charge in [0.1, 0.15) is 0 Å². The van der Waals surface area contributed by atoms with E-state index in [1.165, 1.54) is 0 Å². The largest absolute Gasteiger partial charge is 0.395 e. The predicted octanol–water partition coefficient (Wildman–Crippen LogP) is 3.09. The number of amides is 1. The van der Waals surface area contributed by atoms with Gasteiger partial charge < -0.3 is 10.4 Å². The molecule has 1 saturated heterocycles. The Labute approximate surface area is 135 Å². The number of hydrogen-bond acceptors (Lipinski definition) is 3. The van der Waals surface area contributed by atoms with Gasteiger partial charge in [-0.05, 0) is 37.9 Å². The van der Waals surface area contributed by atoms with E-state index in [4.69, 9.17) is 23.2 Å². The molecule has 1 atom stereocenters. The lowest BCUT2D eigenvalue weighted by Gasteiger charge is -2.33. The van der Waals surface area contributed by atoms with Gasteiger partial charge in [-0.25, -0.2) is 0 Å². The summed E-state index contributed by atoms with van der Waals surface area (Å²) in [5.41, 5.74) is 1.32. The normalized spacial score (nSPS) is 19.5. The molecule has 2 rings (SSSR count). The van der Waals surface area contributed by atoms with Crippen molar-refractivity contribution < 1.29 is 9.90 Å². The summed E-state index contributed by atoms with van der Waals surface area (Å²) in [5.74, 6) is -0.162. The van der Waals surface area contributed by atoms with E-state index in [-0.39, 0.29) is 25.1 Å². The van der Waals surface area contributed by atoms with Crippen molar-refractivity contribution >= 4 is 34.8 Å². The van der Waals surface area contributed by atoms with Crippen LogP contribution in [0.2, 0.25) is 10.0 Å². The number of aliphatic hydroxyl groups excluding tert-OH is 1. The van der Waals surface area contributed by atoms with Gasteiger partial charge in [-0.15, -0.1) is 0 Å². The number of halogens is 2. The summed E-state index contributed by atoms with van der Waals surface area (Å²) < 4.78 is 0. The molecular formula is C15H20Cl2N2O2. The lowest BCUT2D eigenvalue weighted by atomic mass is 10.0. The highest BCUT2D eigenvalue weighted by atomic mass is 35.5. The molecule has 1 aliphatic rings. The minimum Gasteiger partial charge on any atom is -0.395 e. The molecule has 1 fully saturated rings. The van der Waals surface area contributed by atoms with Crippen LogP contribution in [0.1, 0.15) is 24.8 Å². The molecule has 1 aromatic rings. The molecule has 6 heteroatoms. The number of carbonyl (C=O) groups excluding carboxylic acids is 1. The van der Waals surface area contributed by atoms with Crippen LogP contribution in [-0.4, -0.2) is 41.7 Å². The number of carbonyl (C=O) groups is 1. The molecule has 0 radical (unpaired) electrons. The molecule has 1 aromatic carbocycles. The average Bonchev–Trinajstić information content (AvgIpc) is 2.48. The van der Waals surface area contributed by atoms with E-state index >= 15 is 0 Å². The average molecular weight is 331 g/mol. The third-order valence-electron chi connectivity index (χ3n) is 3.86. The number of nitrogens with zero attached hydrogens (tertiary/aromatic N) is 1. The standard InChI is InChI=1S/C15H20Cl2N2O2/c1-10-5-6-12(16)15(14(10)17)18-13(21)8-19-7-3-2-4-11(19)9-20/h5-6,11,20H,2-4,7-9H2,1H3,(H,18,21). The Bertz CT molecular complexity index is 523. The van der Waals surface area contributed by atoms with Gasteiger partial charge in [0.25, 0.3) is 0 Å². The summed E-state index contributed by atoms with van der Waals surface area (Å²) in [5, 5.41) is 13.1. The number of rotatable bonds is 4. The molecule has 21 heavy (non-hydrogen) atoms. The zero-order chi connectivity index (χ0) is 15.4. The first kappa shape index (κ1) is 16.6. The van der Waals surface area contributed by atoms with Gasteiger partial charge in [-0.1, -0.05) is 35.7 Å². The van der Waals surface area contributed by atoms with Gasteiger partial charge in [0, 0.05) is 6.04 Å². The third kappa shape index (κ3) is 4.10. The Morgan fingerprint density at radius 1 is 1.43 bits per heavy atom. The number of likely N-dealkylation sites (tertiary alicyclic amines) is 1. The van der Waals surface area contributed by atoms with Gasteiger partial charge >= 0.3 is 0 Å². The smallest absolute Gasteiger partial charge is 0.238 e. The molecule has 1 aliphatic heterocycles. The number of nitrogens with one attached hydrogen (secondary N) is 1. The monoisotopic (exact) mass is 330 g/mol. The molecule has 1 unspecified atom stereocenters. The second-order valence-corrected chi connectivity index (χ2v) is 6.19. The lowest BCUT2D eigenvalue weighted by molar-refractivity contribution is -0.118. The van der Waals surface area contributed by atoms with Crippen LogP contribution in [0, 0.1) is 6.92 Å². The molecule has 0 aromatic heterocycles. The molecule has 0 bridgehead atoms. The molecule has 1 heterocycles. The van der Waals surface area contributed by atoms with Gasteiger partial charge in [0.15, 0.2) is 0 Å². The molecule has 0 aliphatic carbocycles. The first-order valence-electron chi connectivity index (χ1n) is 7.12. The fourth-order valence-corrected chi connectivity index (χ4v) is 3.07. The summed E-state index contributed by atoms with van der Waals surface area (Å²) in [6.07, 6.45) is 3.07. The van der Waals surface area contributed by atoms with Crippen molar-refractivity contribution in [2.45, 2.75) is 32.2 Å². The quantitative estimate of drug-likeness (QED) is 0.891. The van der Waals surface area contributed by atoms with Crippen LogP contribution in [0.25, 0.3) is 0 Å². The van der Waals surface area contributed by atoms with Crippen molar-refractivity contribution in [2.24, 2.45) is 0 Å². The van der Waals surface area contributed by atoms with Gasteiger partial charge in [0.2, 0.25) is 5.91 Å². The molecule has 4 nitrogen and oxygen atoms in total. The zero-order valence-electron chi connectivity index (χ0n) is 12.0. The Morgan fingerprint density at radius 3 is 2.90 bits per heavy atom. The van der Waals surface area contributed by atoms with Crippen molar-refractivity contribution in [1.29, 1.82) is 0 Å². The molecule has 0 spiro atoms. The van der Waals surface area contributed by atoms with E-state index in [0.29, 0.717) is 15.7 Å². The van der Waals surface area contributed by atoms with E-state index in [0.717, 1.165) is 31.4 Å². The van der Waals surface area contributed by atoms with Crippen LogP contribution in [0.4, 0.5) is 5.69 Å². The fraction of sp³-hybridized carbons (Fsp3) is 0.533. The van der Waals surface area contributed by atoms with E-state index < -0.39 is 0 Å². The van der Waals surface area contributed by atoms with Crippen molar-refractivity contribution in [1.82, 2.24) is 4.90 Å². The van der Waals surface area contributed by atoms with Crippen molar-refractivity contribution in [3.63, 3.8) is 0 Å². The minimum atomic E-state index is -0.162. The lowest BCUT2D eigenvalue weighted by Crippen LogP contribution is -2.45. The summed E-state index contributed by atoms with van der Waals surface area (Å²) in [4.78, 5) is 14.2. The maximum atomic E-state index is 12.2. The van der Waals surface area contributed by atoms with E-state index in [1.807, 2.05) is 17.9 Å². The molecular weight excluding hydrogens is 311 g/mol. The van der Waals surface area contributed by atoms with Crippen LogP contribution in [0.3, 0.4) is 0 Å². The number of anilines is 1. The topological polar surface area (TPSA) is 52.6 Å². The highest BCUT2D eigenvalue weighted by Gasteiger charge is 2.24. The Hall–Kier alpha value is -0.810. The van der Waals surface area contributed by atoms with Crippen LogP contribution >= 0.6 is 23.2 Å². The van der Waals surface area contributed by atoms with E-state index in [9.17, 15) is 9.90 Å². The first-order chi connectivity index (χ1) is 10.0. The maximum Gasteiger partial charge on any atom is 0.238 e.